The fourth-order valence-electron chi connectivity index (χ4n) is 4.89. The van der Waals surface area contributed by atoms with Crippen LogP contribution < -0.4 is 4.90 Å². The summed E-state index contributed by atoms with van der Waals surface area (Å²) in [6, 6.07) is 13.8. The molecule has 3 rings (SSSR count). The third kappa shape index (κ3) is 6.23. The van der Waals surface area contributed by atoms with E-state index in [1.165, 1.54) is 11.8 Å². The van der Waals surface area contributed by atoms with Gasteiger partial charge in [0.15, 0.2) is 0 Å². The first kappa shape index (κ1) is 28.9. The second-order valence-electron chi connectivity index (χ2n) is 9.34. The molecule has 0 saturated heterocycles. The van der Waals surface area contributed by atoms with Gasteiger partial charge in [0.1, 0.15) is 4.90 Å². The highest BCUT2D eigenvalue weighted by Gasteiger charge is 2.46. The average molecular weight is 551 g/mol. The van der Waals surface area contributed by atoms with Crippen molar-refractivity contribution in [3.63, 3.8) is 0 Å². The molecule has 0 bridgehead atoms. The minimum Gasteiger partial charge on any atom is -0.481 e. The molecule has 0 aliphatic carbocycles. The summed E-state index contributed by atoms with van der Waals surface area (Å²) in [6.45, 7) is 4.88. The summed E-state index contributed by atoms with van der Waals surface area (Å²) in [5.41, 5.74) is 1.99. The monoisotopic (exact) mass is 550 g/mol. The minimum atomic E-state index is -3.80. The van der Waals surface area contributed by atoms with E-state index < -0.39 is 21.5 Å². The summed E-state index contributed by atoms with van der Waals surface area (Å²) in [4.78, 5) is 14.5. The topological polar surface area (TPSA) is 77.9 Å². The molecule has 2 aromatic rings. The van der Waals surface area contributed by atoms with Crippen LogP contribution in [0.3, 0.4) is 0 Å². The lowest BCUT2D eigenvalue weighted by Crippen LogP contribution is -2.53. The van der Waals surface area contributed by atoms with Gasteiger partial charge in [0.05, 0.1) is 17.0 Å². The first-order chi connectivity index (χ1) is 17.2. The lowest BCUT2D eigenvalue weighted by Gasteiger charge is -2.42. The number of anilines is 2. The fraction of sp³-hybridized carbons (Fsp3) is 0.519. The summed E-state index contributed by atoms with van der Waals surface area (Å²) in [5.74, 6) is -0.457. The third-order valence-corrected chi connectivity index (χ3v) is 10.7. The number of para-hydroxylation sites is 1. The van der Waals surface area contributed by atoms with E-state index in [9.17, 15) is 13.2 Å². The summed E-state index contributed by atoms with van der Waals surface area (Å²) in [6.07, 6.45) is 7.49. The fourth-order valence-corrected chi connectivity index (χ4v) is 8.11. The molecule has 0 unspecified atom stereocenters. The van der Waals surface area contributed by atoms with Crippen molar-refractivity contribution in [2.24, 2.45) is 0 Å². The van der Waals surface area contributed by atoms with Crippen molar-refractivity contribution in [2.45, 2.75) is 73.5 Å². The second-order valence-corrected chi connectivity index (χ2v) is 13.1. The van der Waals surface area contributed by atoms with E-state index >= 15 is 0 Å². The molecule has 6 nitrogen and oxygen atoms in total. The maximum Gasteiger partial charge on any atom is 0.313 e. The van der Waals surface area contributed by atoms with Gasteiger partial charge in [0.2, 0.25) is 10.0 Å². The Morgan fingerprint density at radius 1 is 1.08 bits per heavy atom. The first-order valence-corrected chi connectivity index (χ1v) is 16.3. The van der Waals surface area contributed by atoms with Gasteiger partial charge in [0, 0.05) is 29.9 Å². The molecule has 2 aromatic carbocycles. The number of carboxylic acids is 1. The summed E-state index contributed by atoms with van der Waals surface area (Å²) in [5, 5.41) is 9.09. The van der Waals surface area contributed by atoms with Crippen molar-refractivity contribution in [1.82, 2.24) is 4.31 Å². The van der Waals surface area contributed by atoms with Crippen LogP contribution in [-0.4, -0.2) is 54.9 Å². The molecular formula is C27H38N2O4S3. The van der Waals surface area contributed by atoms with Crippen LogP contribution in [0, 0.1) is 0 Å². The van der Waals surface area contributed by atoms with Crippen LogP contribution in [0.25, 0.3) is 0 Å². The molecule has 1 heterocycles. The number of aliphatic carboxylic acids is 1. The molecular weight excluding hydrogens is 513 g/mol. The van der Waals surface area contributed by atoms with E-state index in [2.05, 4.69) is 18.7 Å². The number of hydrogen-bond donors (Lipinski definition) is 1. The van der Waals surface area contributed by atoms with Gasteiger partial charge in [0.25, 0.3) is 0 Å². The zero-order valence-electron chi connectivity index (χ0n) is 21.7. The number of thioether (sulfide) groups is 2. The molecule has 0 radical (unpaired) electrons. The van der Waals surface area contributed by atoms with Gasteiger partial charge >= 0.3 is 5.97 Å². The van der Waals surface area contributed by atoms with Gasteiger partial charge in [-0.05, 0) is 48.9 Å². The van der Waals surface area contributed by atoms with E-state index in [1.807, 2.05) is 42.7 Å². The molecule has 1 aliphatic heterocycles. The predicted octanol–water partition coefficient (Wildman–Crippen LogP) is 6.62. The minimum absolute atomic E-state index is 0.0230. The highest BCUT2D eigenvalue weighted by molar-refractivity contribution is 7.99. The Labute approximate surface area is 224 Å². The second kappa shape index (κ2) is 12.7. The molecule has 36 heavy (non-hydrogen) atoms. The van der Waals surface area contributed by atoms with E-state index in [0.29, 0.717) is 22.9 Å². The number of hydrogen-bond acceptors (Lipinski definition) is 6. The Morgan fingerprint density at radius 3 is 2.28 bits per heavy atom. The molecule has 0 amide bonds. The molecule has 1 aliphatic rings. The number of unbranched alkanes of at least 4 members (excludes halogenated alkanes) is 2. The smallest absolute Gasteiger partial charge is 0.313 e. The highest BCUT2D eigenvalue weighted by Crippen LogP contribution is 2.46. The zero-order valence-corrected chi connectivity index (χ0v) is 24.1. The van der Waals surface area contributed by atoms with Crippen molar-refractivity contribution < 1.29 is 18.3 Å². The SMILES string of the molecule is CCCCC1(CCCC)CN(c2ccccc2)c2cc(SC)c(CSCC(=O)O)cc2S(=O)(=O)N1C. The number of benzene rings is 2. The normalized spacial score (nSPS) is 16.9. The maximum atomic E-state index is 14.3. The van der Waals surface area contributed by atoms with Crippen molar-refractivity contribution in [3.8, 4) is 0 Å². The lowest BCUT2D eigenvalue weighted by atomic mass is 9.86. The van der Waals surface area contributed by atoms with Gasteiger partial charge in [-0.3, -0.25) is 4.79 Å². The predicted molar refractivity (Wildman–Crippen MR) is 152 cm³/mol. The molecule has 0 saturated carbocycles. The Hall–Kier alpha value is -1.68. The third-order valence-electron chi connectivity index (χ3n) is 6.95. The standard InChI is InChI=1S/C27H38N2O4S3/c1-5-7-14-27(15-8-6-2)20-29(22-12-10-9-11-13-22)23-17-24(34-4)21(18-35-19-26(30)31)16-25(23)36(32,33)28(27)3/h9-13,16-17H,5-8,14-15,18-20H2,1-4H3,(H,30,31). The Bertz CT molecular complexity index is 1130. The molecule has 0 atom stereocenters. The lowest BCUT2D eigenvalue weighted by molar-refractivity contribution is -0.133. The number of carbonyl (C=O) groups is 1. The van der Waals surface area contributed by atoms with Gasteiger partial charge in [-0.2, -0.15) is 4.31 Å². The average Bonchev–Trinajstić information content (AvgIpc) is 2.94. The first-order valence-electron chi connectivity index (χ1n) is 12.5. The number of fused-ring (bicyclic) bond motifs is 1. The van der Waals surface area contributed by atoms with Crippen molar-refractivity contribution in [2.75, 3.05) is 30.5 Å². The number of nitrogens with zero attached hydrogens (tertiary/aromatic N) is 2. The van der Waals surface area contributed by atoms with Crippen LogP contribution in [0.5, 0.6) is 0 Å². The quantitative estimate of drug-likeness (QED) is 0.298. The Balaban J connectivity index is 2.25. The van der Waals surface area contributed by atoms with Crippen molar-refractivity contribution in [3.05, 3.63) is 48.0 Å². The van der Waals surface area contributed by atoms with Crippen molar-refractivity contribution in [1.29, 1.82) is 0 Å². The van der Waals surface area contributed by atoms with Crippen LogP contribution >= 0.6 is 23.5 Å². The zero-order chi connectivity index (χ0) is 26.3. The van der Waals surface area contributed by atoms with Crippen LogP contribution in [-0.2, 0) is 20.6 Å². The van der Waals surface area contributed by atoms with E-state index in [1.54, 1.807) is 29.2 Å². The van der Waals surface area contributed by atoms with E-state index in [4.69, 9.17) is 5.11 Å². The number of sulfonamides is 1. The van der Waals surface area contributed by atoms with E-state index in [-0.39, 0.29) is 5.75 Å². The number of carboxylic acid groups (broad SMARTS) is 1. The molecule has 1 N–H and O–H groups in total. The Kier molecular flexibility index (Phi) is 10.2. The van der Waals surface area contributed by atoms with Crippen LogP contribution in [0.4, 0.5) is 11.4 Å². The molecule has 0 aromatic heterocycles. The molecule has 9 heteroatoms. The summed E-state index contributed by atoms with van der Waals surface area (Å²) < 4.78 is 30.2. The highest BCUT2D eigenvalue weighted by atomic mass is 32.2. The summed E-state index contributed by atoms with van der Waals surface area (Å²) in [7, 11) is -2.05. The Morgan fingerprint density at radius 2 is 1.72 bits per heavy atom. The van der Waals surface area contributed by atoms with Gasteiger partial charge in [-0.25, -0.2) is 8.42 Å². The van der Waals surface area contributed by atoms with Crippen LogP contribution in [0.1, 0.15) is 57.9 Å². The van der Waals surface area contributed by atoms with Gasteiger partial charge in [-0.15, -0.1) is 23.5 Å². The molecule has 198 valence electrons. The van der Waals surface area contributed by atoms with Gasteiger partial charge < -0.3 is 10.0 Å². The van der Waals surface area contributed by atoms with E-state index in [0.717, 1.165) is 54.7 Å². The number of rotatable bonds is 12. The van der Waals surface area contributed by atoms with Gasteiger partial charge in [-0.1, -0.05) is 57.7 Å². The number of likely N-dealkylation sites (N-methyl/N-ethyl adjacent to an activating group) is 1. The molecule has 0 spiro atoms. The van der Waals surface area contributed by atoms with Crippen LogP contribution in [0.15, 0.2) is 52.3 Å². The largest absolute Gasteiger partial charge is 0.481 e. The maximum absolute atomic E-state index is 14.3. The summed E-state index contributed by atoms with van der Waals surface area (Å²) >= 11 is 2.85. The van der Waals surface area contributed by atoms with Crippen molar-refractivity contribution >= 4 is 50.9 Å². The van der Waals surface area contributed by atoms with Crippen LogP contribution in [0.2, 0.25) is 0 Å². The molecule has 0 fully saturated rings.